The maximum Gasteiger partial charge on any atom is 0.263 e. The molecule has 0 saturated carbocycles. The third-order valence-electron chi connectivity index (χ3n) is 2.39. The van der Waals surface area contributed by atoms with Gasteiger partial charge in [-0.25, -0.2) is 19.2 Å². The molecule has 1 aromatic heterocycles. The lowest BCUT2D eigenvalue weighted by Gasteiger charge is -2.11. The minimum absolute atomic E-state index is 0.0409. The summed E-state index contributed by atoms with van der Waals surface area (Å²) in [5, 5.41) is 0. The molecule has 0 saturated heterocycles. The Hall–Kier alpha value is -1.16. The predicted molar refractivity (Wildman–Crippen MR) is 84.7 cm³/mol. The molecular weight excluding hydrogens is 412 g/mol. The summed E-state index contributed by atoms with van der Waals surface area (Å²) in [6.45, 7) is 0. The summed E-state index contributed by atoms with van der Waals surface area (Å²) >= 11 is 6.59. The van der Waals surface area contributed by atoms with E-state index in [0.29, 0.717) is 20.5 Å². The Kier molecular flexibility index (Phi) is 4.63. The molecule has 6 nitrogen and oxygen atoms in total. The molecule has 20 heavy (non-hydrogen) atoms. The summed E-state index contributed by atoms with van der Waals surface area (Å²) in [6, 6.07) is 8.15. The zero-order valence-corrected chi connectivity index (χ0v) is 14.0. The fourth-order valence-electron chi connectivity index (χ4n) is 1.41. The molecule has 0 aliphatic rings. The molecule has 106 valence electrons. The van der Waals surface area contributed by atoms with Crippen molar-refractivity contribution in [1.82, 2.24) is 4.98 Å². The molecule has 2 aromatic rings. The fourth-order valence-corrected chi connectivity index (χ4v) is 3.92. The lowest BCUT2D eigenvalue weighted by Crippen LogP contribution is -2.15. The number of sulfonamides is 1. The number of anilines is 2. The lowest BCUT2D eigenvalue weighted by atomic mass is 10.3. The zero-order valence-electron chi connectivity index (χ0n) is 9.97. The first kappa shape index (κ1) is 15.2. The average molecular weight is 422 g/mol. The van der Waals surface area contributed by atoms with Crippen LogP contribution >= 0.6 is 31.9 Å². The summed E-state index contributed by atoms with van der Waals surface area (Å²) < 4.78 is 28.3. The summed E-state index contributed by atoms with van der Waals surface area (Å²) in [7, 11) is -3.72. The van der Waals surface area contributed by atoms with Crippen LogP contribution in [0.2, 0.25) is 0 Å². The van der Waals surface area contributed by atoms with Crippen molar-refractivity contribution in [1.29, 1.82) is 0 Å². The first-order chi connectivity index (χ1) is 9.44. The van der Waals surface area contributed by atoms with Crippen molar-refractivity contribution < 1.29 is 8.42 Å². The molecule has 0 aliphatic heterocycles. The van der Waals surface area contributed by atoms with Gasteiger partial charge < -0.3 is 5.43 Å². The van der Waals surface area contributed by atoms with Crippen molar-refractivity contribution in [3.63, 3.8) is 0 Å². The van der Waals surface area contributed by atoms with E-state index in [1.54, 1.807) is 18.2 Å². The number of hydrogen-bond acceptors (Lipinski definition) is 5. The number of halogens is 2. The summed E-state index contributed by atoms with van der Waals surface area (Å²) in [4.78, 5) is 3.91. The average Bonchev–Trinajstić information content (AvgIpc) is 2.43. The van der Waals surface area contributed by atoms with Crippen molar-refractivity contribution in [2.24, 2.45) is 5.84 Å². The predicted octanol–water partition coefficient (Wildman–Crippen LogP) is 2.69. The van der Waals surface area contributed by atoms with Gasteiger partial charge in [-0.3, -0.25) is 4.72 Å². The smallest absolute Gasteiger partial charge is 0.263 e. The third kappa shape index (κ3) is 3.29. The SMILES string of the molecule is NNc1ccc(S(=O)(=O)Nc2c(Br)cccc2Br)cn1. The first-order valence-corrected chi connectivity index (χ1v) is 8.40. The van der Waals surface area contributed by atoms with Gasteiger partial charge in [-0.1, -0.05) is 6.07 Å². The molecule has 0 atom stereocenters. The van der Waals surface area contributed by atoms with Crippen LogP contribution in [0.3, 0.4) is 0 Å². The molecule has 0 bridgehead atoms. The van der Waals surface area contributed by atoms with E-state index in [0.717, 1.165) is 0 Å². The molecular formula is C11H10Br2N4O2S. The van der Waals surface area contributed by atoms with Gasteiger partial charge in [0, 0.05) is 15.1 Å². The molecule has 1 aromatic carbocycles. The molecule has 0 amide bonds. The van der Waals surface area contributed by atoms with Gasteiger partial charge in [0.05, 0.1) is 5.69 Å². The van der Waals surface area contributed by atoms with E-state index in [4.69, 9.17) is 5.84 Å². The number of nitrogens with two attached hydrogens (primary N) is 1. The highest BCUT2D eigenvalue weighted by Crippen LogP contribution is 2.32. The van der Waals surface area contributed by atoms with Gasteiger partial charge in [-0.15, -0.1) is 0 Å². The number of nitrogen functional groups attached to an aromatic ring is 1. The fraction of sp³-hybridized carbons (Fsp3) is 0. The Morgan fingerprint density at radius 2 is 1.75 bits per heavy atom. The molecule has 0 fully saturated rings. The number of hydrazine groups is 1. The number of rotatable bonds is 4. The molecule has 2 rings (SSSR count). The van der Waals surface area contributed by atoms with Crippen molar-refractivity contribution in [3.8, 4) is 0 Å². The van der Waals surface area contributed by atoms with E-state index < -0.39 is 10.0 Å². The van der Waals surface area contributed by atoms with Gasteiger partial charge in [0.25, 0.3) is 10.0 Å². The van der Waals surface area contributed by atoms with E-state index in [2.05, 4.69) is 47.0 Å². The van der Waals surface area contributed by atoms with Crippen LogP contribution in [-0.2, 0) is 10.0 Å². The molecule has 0 unspecified atom stereocenters. The normalized spacial score (nSPS) is 11.2. The van der Waals surface area contributed by atoms with Crippen LogP contribution in [-0.4, -0.2) is 13.4 Å². The van der Waals surface area contributed by atoms with Crippen LogP contribution in [0.15, 0.2) is 50.4 Å². The van der Waals surface area contributed by atoms with Crippen LogP contribution in [0.4, 0.5) is 11.5 Å². The number of benzene rings is 1. The Bertz CT molecular complexity index is 699. The molecule has 0 aliphatic carbocycles. The maximum absolute atomic E-state index is 12.3. The van der Waals surface area contributed by atoms with Crippen molar-refractivity contribution in [3.05, 3.63) is 45.5 Å². The minimum Gasteiger partial charge on any atom is -0.308 e. The number of pyridine rings is 1. The topological polar surface area (TPSA) is 97.1 Å². The van der Waals surface area contributed by atoms with Gasteiger partial charge in [0.1, 0.15) is 10.7 Å². The molecule has 0 radical (unpaired) electrons. The van der Waals surface area contributed by atoms with Crippen LogP contribution in [0, 0.1) is 0 Å². The number of para-hydroxylation sites is 1. The Morgan fingerprint density at radius 1 is 1.10 bits per heavy atom. The number of hydrogen-bond donors (Lipinski definition) is 3. The van der Waals surface area contributed by atoms with Crippen LogP contribution in [0.1, 0.15) is 0 Å². The molecule has 4 N–H and O–H groups in total. The first-order valence-electron chi connectivity index (χ1n) is 5.33. The second-order valence-corrected chi connectivity index (χ2v) is 7.12. The molecule has 9 heteroatoms. The highest BCUT2D eigenvalue weighted by atomic mass is 79.9. The quantitative estimate of drug-likeness (QED) is 0.520. The van der Waals surface area contributed by atoms with E-state index >= 15 is 0 Å². The van der Waals surface area contributed by atoms with Crippen molar-refractivity contribution in [2.75, 3.05) is 10.1 Å². The molecule has 1 heterocycles. The summed E-state index contributed by atoms with van der Waals surface area (Å²) in [5.41, 5.74) is 2.76. The number of nitrogens with zero attached hydrogens (tertiary/aromatic N) is 1. The van der Waals surface area contributed by atoms with E-state index in [1.165, 1.54) is 18.3 Å². The number of aromatic nitrogens is 1. The lowest BCUT2D eigenvalue weighted by molar-refractivity contribution is 0.601. The van der Waals surface area contributed by atoms with Gasteiger partial charge in [-0.05, 0) is 56.1 Å². The van der Waals surface area contributed by atoms with Gasteiger partial charge >= 0.3 is 0 Å². The summed E-state index contributed by atoms with van der Waals surface area (Å²) in [5.74, 6) is 5.56. The van der Waals surface area contributed by atoms with Crippen LogP contribution in [0.5, 0.6) is 0 Å². The minimum atomic E-state index is -3.72. The van der Waals surface area contributed by atoms with E-state index in [-0.39, 0.29) is 4.90 Å². The highest BCUT2D eigenvalue weighted by molar-refractivity contribution is 9.11. The molecule has 0 spiro atoms. The maximum atomic E-state index is 12.3. The Balaban J connectivity index is 2.35. The van der Waals surface area contributed by atoms with Crippen LogP contribution in [0.25, 0.3) is 0 Å². The van der Waals surface area contributed by atoms with Gasteiger partial charge in [-0.2, -0.15) is 0 Å². The van der Waals surface area contributed by atoms with E-state index in [1.807, 2.05) is 0 Å². The summed E-state index contributed by atoms with van der Waals surface area (Å²) in [6.07, 6.45) is 1.22. The van der Waals surface area contributed by atoms with Gasteiger partial charge in [0.15, 0.2) is 0 Å². The van der Waals surface area contributed by atoms with Gasteiger partial charge in [0.2, 0.25) is 0 Å². The Morgan fingerprint density at radius 3 is 2.25 bits per heavy atom. The largest absolute Gasteiger partial charge is 0.308 e. The van der Waals surface area contributed by atoms with E-state index in [9.17, 15) is 8.42 Å². The second kappa shape index (κ2) is 6.08. The van der Waals surface area contributed by atoms with Crippen LogP contribution < -0.4 is 16.0 Å². The Labute approximate surface area is 133 Å². The van der Waals surface area contributed by atoms with Crippen molar-refractivity contribution >= 4 is 53.4 Å². The zero-order chi connectivity index (χ0) is 14.8. The highest BCUT2D eigenvalue weighted by Gasteiger charge is 2.17. The third-order valence-corrected chi connectivity index (χ3v) is 5.05. The monoisotopic (exact) mass is 420 g/mol. The number of nitrogens with one attached hydrogen (secondary N) is 2. The van der Waals surface area contributed by atoms with Crippen molar-refractivity contribution in [2.45, 2.75) is 4.90 Å². The second-order valence-electron chi connectivity index (χ2n) is 3.73. The standard InChI is InChI=1S/C11H10Br2N4O2S/c12-8-2-1-3-9(13)11(8)17-20(18,19)7-4-5-10(16-14)15-6-7/h1-6,17H,14H2,(H,15,16).